The lowest BCUT2D eigenvalue weighted by Gasteiger charge is -2.30. The number of carbonyl (C=O) groups excluding carboxylic acids is 1. The molecule has 19 heavy (non-hydrogen) atoms. The van der Waals surface area contributed by atoms with Gasteiger partial charge in [0.25, 0.3) is 5.91 Å². The topological polar surface area (TPSA) is 89.0 Å². The molecular formula is C13H16N4O2. The molecule has 6 nitrogen and oxygen atoms in total. The van der Waals surface area contributed by atoms with E-state index in [0.717, 1.165) is 25.9 Å². The molecule has 1 aliphatic rings. The monoisotopic (exact) mass is 260 g/mol. The molecule has 2 heterocycles. The van der Waals surface area contributed by atoms with E-state index < -0.39 is 0 Å². The summed E-state index contributed by atoms with van der Waals surface area (Å²) >= 11 is 0. The molecule has 1 aliphatic heterocycles. The lowest BCUT2D eigenvalue weighted by Crippen LogP contribution is -2.45. The summed E-state index contributed by atoms with van der Waals surface area (Å²) in [5, 5.41) is 11.5. The van der Waals surface area contributed by atoms with Crippen LogP contribution in [0.1, 0.15) is 23.2 Å². The summed E-state index contributed by atoms with van der Waals surface area (Å²) in [5.74, 6) is -0.333. The Hall–Kier alpha value is -2.13. The SMILES string of the molecule is N#CCN1CCC(NC(=O)c2c[nH]ccc2=O)CC1. The van der Waals surface area contributed by atoms with E-state index in [1.807, 2.05) is 0 Å². The van der Waals surface area contributed by atoms with Crippen LogP contribution < -0.4 is 10.7 Å². The maximum absolute atomic E-state index is 11.9. The summed E-state index contributed by atoms with van der Waals surface area (Å²) in [4.78, 5) is 28.3. The first kappa shape index (κ1) is 13.3. The number of pyridine rings is 1. The minimum absolute atomic E-state index is 0.0713. The first-order valence-electron chi connectivity index (χ1n) is 6.28. The smallest absolute Gasteiger partial charge is 0.256 e. The summed E-state index contributed by atoms with van der Waals surface area (Å²) in [6.07, 6.45) is 4.53. The molecule has 0 saturated carbocycles. The van der Waals surface area contributed by atoms with Crippen LogP contribution in [0.4, 0.5) is 0 Å². The van der Waals surface area contributed by atoms with Crippen molar-refractivity contribution in [2.45, 2.75) is 18.9 Å². The minimum atomic E-state index is -0.333. The lowest BCUT2D eigenvalue weighted by atomic mass is 10.0. The Morgan fingerprint density at radius 1 is 1.53 bits per heavy atom. The lowest BCUT2D eigenvalue weighted by molar-refractivity contribution is 0.0913. The van der Waals surface area contributed by atoms with Crippen molar-refractivity contribution in [1.29, 1.82) is 5.26 Å². The van der Waals surface area contributed by atoms with Crippen molar-refractivity contribution in [3.63, 3.8) is 0 Å². The van der Waals surface area contributed by atoms with E-state index in [0.29, 0.717) is 6.54 Å². The van der Waals surface area contributed by atoms with Crippen molar-refractivity contribution >= 4 is 5.91 Å². The normalized spacial score (nSPS) is 16.8. The van der Waals surface area contributed by atoms with Crippen molar-refractivity contribution in [3.05, 3.63) is 34.2 Å². The summed E-state index contributed by atoms with van der Waals surface area (Å²) < 4.78 is 0. The molecular weight excluding hydrogens is 244 g/mol. The molecule has 0 spiro atoms. The van der Waals surface area contributed by atoms with Gasteiger partial charge in [0.05, 0.1) is 12.6 Å². The number of likely N-dealkylation sites (tertiary alicyclic amines) is 1. The molecule has 1 fully saturated rings. The zero-order valence-electron chi connectivity index (χ0n) is 10.6. The van der Waals surface area contributed by atoms with Crippen molar-refractivity contribution in [2.75, 3.05) is 19.6 Å². The standard InChI is InChI=1S/C13H16N4O2/c14-4-8-17-6-2-10(3-7-17)16-13(19)11-9-15-5-1-12(11)18/h1,5,9-10H,2-3,6-8H2,(H,15,18)(H,16,19). The van der Waals surface area contributed by atoms with Gasteiger partial charge in [-0.15, -0.1) is 0 Å². The molecule has 100 valence electrons. The summed E-state index contributed by atoms with van der Waals surface area (Å²) in [6.45, 7) is 2.02. The number of aromatic nitrogens is 1. The Bertz CT molecular complexity index is 538. The number of nitrogens with zero attached hydrogens (tertiary/aromatic N) is 2. The number of amides is 1. The van der Waals surface area contributed by atoms with Gasteiger partial charge >= 0.3 is 0 Å². The van der Waals surface area contributed by atoms with Crippen LogP contribution in [0.5, 0.6) is 0 Å². The number of carbonyl (C=O) groups is 1. The molecule has 1 aromatic rings. The number of hydrogen-bond acceptors (Lipinski definition) is 4. The molecule has 0 aromatic carbocycles. The van der Waals surface area contributed by atoms with Crippen LogP contribution in [0.15, 0.2) is 23.3 Å². The van der Waals surface area contributed by atoms with Gasteiger partial charge in [-0.3, -0.25) is 14.5 Å². The van der Waals surface area contributed by atoms with Gasteiger partial charge < -0.3 is 10.3 Å². The Kier molecular flexibility index (Phi) is 4.31. The Labute approximate surface area is 111 Å². The van der Waals surface area contributed by atoms with Crippen LogP contribution in [0, 0.1) is 11.3 Å². The molecule has 1 saturated heterocycles. The van der Waals surface area contributed by atoms with Gasteiger partial charge in [-0.25, -0.2) is 0 Å². The molecule has 0 radical (unpaired) electrons. The van der Waals surface area contributed by atoms with E-state index in [-0.39, 0.29) is 22.9 Å². The van der Waals surface area contributed by atoms with E-state index in [1.54, 1.807) is 0 Å². The fraction of sp³-hybridized carbons (Fsp3) is 0.462. The van der Waals surface area contributed by atoms with Crippen molar-refractivity contribution in [2.24, 2.45) is 0 Å². The van der Waals surface area contributed by atoms with Crippen LogP contribution in [-0.2, 0) is 0 Å². The number of H-pyrrole nitrogens is 1. The van der Waals surface area contributed by atoms with Crippen molar-refractivity contribution in [3.8, 4) is 6.07 Å². The summed E-state index contributed by atoms with van der Waals surface area (Å²) in [6, 6.07) is 3.53. The predicted octanol–water partition coefficient (Wildman–Crippen LogP) is 0.0927. The third-order valence-electron chi connectivity index (χ3n) is 3.29. The Morgan fingerprint density at radius 3 is 2.89 bits per heavy atom. The largest absolute Gasteiger partial charge is 0.367 e. The first-order valence-corrected chi connectivity index (χ1v) is 6.28. The van der Waals surface area contributed by atoms with Crippen LogP contribution >= 0.6 is 0 Å². The van der Waals surface area contributed by atoms with Gasteiger partial charge in [-0.2, -0.15) is 5.26 Å². The average molecular weight is 260 g/mol. The predicted molar refractivity (Wildman–Crippen MR) is 69.6 cm³/mol. The molecule has 1 amide bonds. The van der Waals surface area contributed by atoms with Gasteiger partial charge in [0.15, 0.2) is 5.43 Å². The highest BCUT2D eigenvalue weighted by Gasteiger charge is 2.21. The quantitative estimate of drug-likeness (QED) is 0.754. The number of aromatic amines is 1. The second-order valence-corrected chi connectivity index (χ2v) is 4.60. The van der Waals surface area contributed by atoms with Crippen molar-refractivity contribution < 1.29 is 4.79 Å². The fourth-order valence-electron chi connectivity index (χ4n) is 2.19. The molecule has 0 aliphatic carbocycles. The van der Waals surface area contributed by atoms with Gasteiger partial charge in [0, 0.05) is 37.6 Å². The average Bonchev–Trinajstić information content (AvgIpc) is 2.42. The molecule has 6 heteroatoms. The van der Waals surface area contributed by atoms with Crippen LogP contribution in [0.2, 0.25) is 0 Å². The number of piperidine rings is 1. The van der Waals surface area contributed by atoms with Crippen LogP contribution in [-0.4, -0.2) is 41.5 Å². The fourth-order valence-corrected chi connectivity index (χ4v) is 2.19. The highest BCUT2D eigenvalue weighted by molar-refractivity contribution is 5.93. The molecule has 0 bridgehead atoms. The van der Waals surface area contributed by atoms with Gasteiger partial charge in [0.2, 0.25) is 0 Å². The number of rotatable bonds is 3. The minimum Gasteiger partial charge on any atom is -0.367 e. The van der Waals surface area contributed by atoms with Crippen LogP contribution in [0.25, 0.3) is 0 Å². The maximum Gasteiger partial charge on any atom is 0.256 e. The highest BCUT2D eigenvalue weighted by Crippen LogP contribution is 2.10. The van der Waals surface area contributed by atoms with Gasteiger partial charge in [-0.05, 0) is 12.8 Å². The highest BCUT2D eigenvalue weighted by atomic mass is 16.2. The molecule has 0 unspecified atom stereocenters. The maximum atomic E-state index is 11.9. The third kappa shape index (κ3) is 3.42. The summed E-state index contributed by atoms with van der Waals surface area (Å²) in [5.41, 5.74) is -0.139. The first-order chi connectivity index (χ1) is 9.20. The molecule has 1 aromatic heterocycles. The number of nitriles is 1. The van der Waals surface area contributed by atoms with Crippen molar-refractivity contribution in [1.82, 2.24) is 15.2 Å². The zero-order valence-corrected chi connectivity index (χ0v) is 10.6. The van der Waals surface area contributed by atoms with E-state index in [1.165, 1.54) is 18.5 Å². The van der Waals surface area contributed by atoms with E-state index in [2.05, 4.69) is 21.3 Å². The Balaban J connectivity index is 1.90. The van der Waals surface area contributed by atoms with Gasteiger partial charge in [0.1, 0.15) is 5.56 Å². The number of hydrogen-bond donors (Lipinski definition) is 2. The summed E-state index contributed by atoms with van der Waals surface area (Å²) in [7, 11) is 0. The number of nitrogens with one attached hydrogen (secondary N) is 2. The molecule has 0 atom stereocenters. The van der Waals surface area contributed by atoms with E-state index >= 15 is 0 Å². The van der Waals surface area contributed by atoms with E-state index in [9.17, 15) is 9.59 Å². The third-order valence-corrected chi connectivity index (χ3v) is 3.29. The molecule has 2 rings (SSSR count). The van der Waals surface area contributed by atoms with Crippen LogP contribution in [0.3, 0.4) is 0 Å². The second kappa shape index (κ2) is 6.16. The second-order valence-electron chi connectivity index (χ2n) is 4.60. The van der Waals surface area contributed by atoms with Gasteiger partial charge in [-0.1, -0.05) is 0 Å². The zero-order chi connectivity index (χ0) is 13.7. The van der Waals surface area contributed by atoms with E-state index in [4.69, 9.17) is 5.26 Å². The molecule has 2 N–H and O–H groups in total. The Morgan fingerprint density at radius 2 is 2.26 bits per heavy atom.